The largest absolute Gasteiger partial charge is 0.461 e. The lowest BCUT2D eigenvalue weighted by Crippen LogP contribution is -2.24. The van der Waals surface area contributed by atoms with Crippen molar-refractivity contribution in [2.75, 3.05) is 6.61 Å². The van der Waals surface area contributed by atoms with Gasteiger partial charge in [0.05, 0.1) is 12.0 Å². The van der Waals surface area contributed by atoms with Crippen molar-refractivity contribution in [2.24, 2.45) is 0 Å². The first kappa shape index (κ1) is 21.4. The molecule has 4 aromatic rings. The number of hydrogen-bond acceptors (Lipinski definition) is 9. The summed E-state index contributed by atoms with van der Waals surface area (Å²) in [6, 6.07) is 3.66. The second kappa shape index (κ2) is 9.22. The van der Waals surface area contributed by atoms with E-state index >= 15 is 0 Å². The Bertz CT molecular complexity index is 1360. The Morgan fingerprint density at radius 2 is 2.18 bits per heavy atom. The molecule has 0 amide bonds. The first-order valence-electron chi connectivity index (χ1n) is 11.0. The van der Waals surface area contributed by atoms with E-state index in [1.54, 1.807) is 30.0 Å². The van der Waals surface area contributed by atoms with E-state index in [1.807, 2.05) is 6.07 Å². The molecule has 0 unspecified atom stereocenters. The lowest BCUT2D eigenvalue weighted by Gasteiger charge is -2.08. The molecule has 0 N–H and O–H groups in total. The van der Waals surface area contributed by atoms with E-state index in [0.29, 0.717) is 51.8 Å². The summed E-state index contributed by atoms with van der Waals surface area (Å²) >= 11 is 1.24. The zero-order chi connectivity index (χ0) is 22.8. The van der Waals surface area contributed by atoms with Gasteiger partial charge in [-0.15, -0.1) is 11.3 Å². The highest BCUT2D eigenvalue weighted by Gasteiger charge is 2.23. The Morgan fingerprint density at radius 3 is 3.03 bits per heavy atom. The van der Waals surface area contributed by atoms with Gasteiger partial charge in [-0.2, -0.15) is 4.98 Å². The maximum Gasteiger partial charge on any atom is 0.348 e. The number of ether oxygens (including phenoxy) is 1. The number of carbonyl (C=O) groups is 1. The van der Waals surface area contributed by atoms with Crippen LogP contribution in [0.5, 0.6) is 0 Å². The molecule has 0 radical (unpaired) electrons. The Balaban J connectivity index is 1.24. The number of hydrogen-bond donors (Lipinski definition) is 0. The lowest BCUT2D eigenvalue weighted by molar-refractivity contribution is 0.0503. The van der Waals surface area contributed by atoms with Crippen molar-refractivity contribution >= 4 is 27.5 Å². The van der Waals surface area contributed by atoms with Crippen LogP contribution in [-0.2, 0) is 24.1 Å². The van der Waals surface area contributed by atoms with E-state index in [1.165, 1.54) is 11.3 Å². The number of fused-ring (bicyclic) bond motifs is 2. The summed E-state index contributed by atoms with van der Waals surface area (Å²) in [5.74, 6) is 1.34. The van der Waals surface area contributed by atoms with Crippen molar-refractivity contribution in [1.29, 1.82) is 0 Å². The van der Waals surface area contributed by atoms with Crippen LogP contribution in [0.2, 0.25) is 0 Å². The Morgan fingerprint density at radius 1 is 1.27 bits per heavy atom. The molecule has 0 bridgehead atoms. The van der Waals surface area contributed by atoms with Gasteiger partial charge in [0.25, 0.3) is 5.56 Å². The molecular weight excluding hydrogens is 442 g/mol. The molecule has 0 spiro atoms. The first-order chi connectivity index (χ1) is 16.1. The summed E-state index contributed by atoms with van der Waals surface area (Å²) in [6.07, 6.45) is 8.27. The predicted octanol–water partition coefficient (Wildman–Crippen LogP) is 3.73. The molecular formula is C23H23N5O4S. The molecule has 170 valence electrons. The molecule has 0 saturated heterocycles. The van der Waals surface area contributed by atoms with Crippen LogP contribution in [0.25, 0.3) is 21.6 Å². The first-order valence-corrected chi connectivity index (χ1v) is 11.9. The fourth-order valence-electron chi connectivity index (χ4n) is 4.03. The number of aryl methyl sites for hydroxylation is 3. The fraction of sp³-hybridized carbons (Fsp3) is 0.391. The van der Waals surface area contributed by atoms with Crippen molar-refractivity contribution in [3.05, 3.63) is 57.0 Å². The van der Waals surface area contributed by atoms with Gasteiger partial charge in [0.15, 0.2) is 0 Å². The quantitative estimate of drug-likeness (QED) is 0.313. The van der Waals surface area contributed by atoms with Crippen molar-refractivity contribution in [1.82, 2.24) is 24.7 Å². The number of thiophene rings is 1. The van der Waals surface area contributed by atoms with Crippen LogP contribution >= 0.6 is 11.3 Å². The van der Waals surface area contributed by atoms with Crippen molar-refractivity contribution in [3.63, 3.8) is 0 Å². The van der Waals surface area contributed by atoms with Gasteiger partial charge in [0.1, 0.15) is 15.5 Å². The molecule has 1 aliphatic rings. The monoisotopic (exact) mass is 465 g/mol. The summed E-state index contributed by atoms with van der Waals surface area (Å²) in [5.41, 5.74) is 1.38. The van der Waals surface area contributed by atoms with Gasteiger partial charge < -0.3 is 9.26 Å². The molecule has 0 fully saturated rings. The maximum absolute atomic E-state index is 13.1. The number of aromatic nitrogens is 5. The molecule has 0 aromatic carbocycles. The number of pyridine rings is 1. The van der Waals surface area contributed by atoms with E-state index < -0.39 is 5.97 Å². The zero-order valence-corrected chi connectivity index (χ0v) is 19.1. The molecule has 4 aromatic heterocycles. The average Bonchev–Trinajstić information content (AvgIpc) is 3.35. The summed E-state index contributed by atoms with van der Waals surface area (Å²) in [6.45, 7) is 2.69. The van der Waals surface area contributed by atoms with Gasteiger partial charge in [-0.05, 0) is 43.9 Å². The maximum atomic E-state index is 13.1. The summed E-state index contributed by atoms with van der Waals surface area (Å²) < 4.78 is 12.5. The number of nitrogens with zero attached hydrogens (tertiary/aromatic N) is 5. The van der Waals surface area contributed by atoms with E-state index in [2.05, 4.69) is 15.1 Å². The topological polar surface area (TPSA) is 113 Å². The second-order valence-corrected chi connectivity index (χ2v) is 9.02. The van der Waals surface area contributed by atoms with Gasteiger partial charge in [-0.3, -0.25) is 14.3 Å². The predicted molar refractivity (Wildman–Crippen MR) is 122 cm³/mol. The Hall–Kier alpha value is -3.40. The van der Waals surface area contributed by atoms with Gasteiger partial charge in [-0.25, -0.2) is 9.78 Å². The van der Waals surface area contributed by atoms with Crippen molar-refractivity contribution in [3.8, 4) is 11.4 Å². The highest BCUT2D eigenvalue weighted by atomic mass is 32.1. The third-order valence-electron chi connectivity index (χ3n) is 5.75. The average molecular weight is 466 g/mol. The van der Waals surface area contributed by atoms with Gasteiger partial charge in [-0.1, -0.05) is 11.6 Å². The molecule has 1 aliphatic heterocycles. The molecule has 0 saturated carbocycles. The standard InChI is InChI=1S/C23H23N5O4S/c1-14-18-21(25-16-8-3-2-4-11-28(16)22(18)29)33-19(14)23(30)31-12-6-9-17-26-20(27-32-17)15-7-5-10-24-13-15/h5,7,10,13H,2-4,6,8-9,11-12H2,1H3. The number of carbonyl (C=O) groups excluding carboxylic acids is 1. The number of rotatable bonds is 6. The fourth-order valence-corrected chi connectivity index (χ4v) is 5.11. The van der Waals surface area contributed by atoms with Gasteiger partial charge in [0, 0.05) is 37.3 Å². The highest BCUT2D eigenvalue weighted by Crippen LogP contribution is 2.29. The van der Waals surface area contributed by atoms with Crippen molar-refractivity contribution < 1.29 is 14.1 Å². The normalized spacial score (nSPS) is 13.6. The molecule has 5 rings (SSSR count). The van der Waals surface area contributed by atoms with Crippen molar-refractivity contribution in [2.45, 2.75) is 52.0 Å². The van der Waals surface area contributed by atoms with Crippen LogP contribution in [0, 0.1) is 6.92 Å². The smallest absolute Gasteiger partial charge is 0.348 e. The molecule has 0 atom stereocenters. The van der Waals surface area contributed by atoms with Gasteiger partial charge >= 0.3 is 5.97 Å². The highest BCUT2D eigenvalue weighted by molar-refractivity contribution is 7.20. The summed E-state index contributed by atoms with van der Waals surface area (Å²) in [5, 5.41) is 4.49. The Labute approximate surface area is 193 Å². The van der Waals surface area contributed by atoms with E-state index in [4.69, 9.17) is 14.2 Å². The van der Waals surface area contributed by atoms with Crippen LogP contribution in [0.1, 0.15) is 52.6 Å². The lowest BCUT2D eigenvalue weighted by atomic mass is 10.2. The van der Waals surface area contributed by atoms with E-state index in [0.717, 1.165) is 37.1 Å². The minimum absolute atomic E-state index is 0.0504. The number of esters is 1. The van der Waals surface area contributed by atoms with Crippen LogP contribution in [0.15, 0.2) is 33.8 Å². The van der Waals surface area contributed by atoms with E-state index in [9.17, 15) is 9.59 Å². The Kier molecular flexibility index (Phi) is 5.99. The second-order valence-electron chi connectivity index (χ2n) is 8.02. The zero-order valence-electron chi connectivity index (χ0n) is 18.2. The summed E-state index contributed by atoms with van der Waals surface area (Å²) in [4.78, 5) is 39.9. The van der Waals surface area contributed by atoms with E-state index in [-0.39, 0.29) is 12.2 Å². The van der Waals surface area contributed by atoms with Crippen LogP contribution in [-0.4, -0.2) is 37.3 Å². The van der Waals surface area contributed by atoms with Crippen LogP contribution < -0.4 is 5.56 Å². The third-order valence-corrected chi connectivity index (χ3v) is 6.92. The van der Waals surface area contributed by atoms with Crippen LogP contribution in [0.4, 0.5) is 0 Å². The van der Waals surface area contributed by atoms with Crippen LogP contribution in [0.3, 0.4) is 0 Å². The SMILES string of the molecule is Cc1c(C(=O)OCCCc2nc(-c3cccnc3)no2)sc2nc3n(c(=O)c12)CCCCC3. The summed E-state index contributed by atoms with van der Waals surface area (Å²) in [7, 11) is 0. The third kappa shape index (κ3) is 4.30. The van der Waals surface area contributed by atoms with Gasteiger partial charge in [0.2, 0.25) is 11.7 Å². The minimum atomic E-state index is -0.434. The molecule has 9 nitrogen and oxygen atoms in total. The molecule has 0 aliphatic carbocycles. The molecule has 5 heterocycles. The molecule has 10 heteroatoms. The molecule has 33 heavy (non-hydrogen) atoms. The minimum Gasteiger partial charge on any atom is -0.461 e.